The molecule has 0 aliphatic carbocycles. The maximum atomic E-state index is 13.1. The Labute approximate surface area is 160 Å². The van der Waals surface area contributed by atoms with Gasteiger partial charge in [0.1, 0.15) is 6.10 Å². The van der Waals surface area contributed by atoms with Crippen molar-refractivity contribution in [3.8, 4) is 0 Å². The van der Waals surface area contributed by atoms with Gasteiger partial charge in [-0.05, 0) is 55.8 Å². The van der Waals surface area contributed by atoms with Crippen molar-refractivity contribution in [2.45, 2.75) is 37.4 Å². The quantitative estimate of drug-likeness (QED) is 0.799. The molecule has 0 radical (unpaired) electrons. The van der Waals surface area contributed by atoms with Gasteiger partial charge in [-0.1, -0.05) is 60.7 Å². The lowest BCUT2D eigenvalue weighted by Gasteiger charge is -2.44. The standard InChI is InChI=1S/C23H27NO3/c25-22(27-21-17-24-15-12-19(21)13-16-24)23(26,20-9-5-2-6-10-20)14-11-18-7-3-1-4-8-18/h1-10,19,21,26H,11-17H2. The Bertz CT molecular complexity index is 756. The summed E-state index contributed by atoms with van der Waals surface area (Å²) >= 11 is 0. The number of benzene rings is 2. The van der Waals surface area contributed by atoms with E-state index in [0.717, 1.165) is 38.0 Å². The fourth-order valence-electron chi connectivity index (χ4n) is 4.33. The number of ether oxygens (including phenoxy) is 1. The second-order valence-corrected chi connectivity index (χ2v) is 7.79. The van der Waals surface area contributed by atoms with E-state index in [4.69, 9.17) is 4.74 Å². The van der Waals surface area contributed by atoms with Crippen LogP contribution in [-0.4, -0.2) is 41.7 Å². The molecule has 0 amide bonds. The molecule has 1 N–H and O–H groups in total. The smallest absolute Gasteiger partial charge is 0.343 e. The monoisotopic (exact) mass is 365 g/mol. The van der Waals surface area contributed by atoms with Crippen LogP contribution in [0.4, 0.5) is 0 Å². The van der Waals surface area contributed by atoms with Gasteiger partial charge < -0.3 is 9.84 Å². The summed E-state index contributed by atoms with van der Waals surface area (Å²) in [6.45, 7) is 2.98. The number of aliphatic hydroxyl groups is 1. The highest BCUT2D eigenvalue weighted by Gasteiger charge is 2.43. The van der Waals surface area contributed by atoms with Gasteiger partial charge >= 0.3 is 5.97 Å². The highest BCUT2D eigenvalue weighted by atomic mass is 16.6. The van der Waals surface area contributed by atoms with Crippen LogP contribution < -0.4 is 0 Å². The van der Waals surface area contributed by atoms with Gasteiger partial charge in [-0.2, -0.15) is 0 Å². The minimum absolute atomic E-state index is 0.105. The number of fused-ring (bicyclic) bond motifs is 3. The normalized spacial score (nSPS) is 26.3. The van der Waals surface area contributed by atoms with Crippen molar-refractivity contribution in [2.75, 3.05) is 19.6 Å². The largest absolute Gasteiger partial charge is 0.458 e. The van der Waals surface area contributed by atoms with Gasteiger partial charge in [-0.25, -0.2) is 4.79 Å². The molecule has 3 aliphatic rings. The zero-order chi connectivity index (χ0) is 18.7. The third-order valence-electron chi connectivity index (χ3n) is 6.06. The molecule has 2 aromatic rings. The molecule has 0 spiro atoms. The molecule has 5 rings (SSSR count). The lowest BCUT2D eigenvalue weighted by Crippen LogP contribution is -2.53. The molecule has 4 nitrogen and oxygen atoms in total. The molecule has 2 atom stereocenters. The number of piperidine rings is 3. The number of nitrogens with zero attached hydrogens (tertiary/aromatic N) is 1. The number of carbonyl (C=O) groups is 1. The summed E-state index contributed by atoms with van der Waals surface area (Å²) in [5, 5.41) is 11.4. The van der Waals surface area contributed by atoms with Crippen molar-refractivity contribution in [1.82, 2.24) is 4.90 Å². The molecule has 3 fully saturated rings. The highest BCUT2D eigenvalue weighted by molar-refractivity contribution is 5.81. The number of rotatable bonds is 6. The van der Waals surface area contributed by atoms with E-state index in [1.807, 2.05) is 60.7 Å². The van der Waals surface area contributed by atoms with Crippen molar-refractivity contribution in [1.29, 1.82) is 0 Å². The van der Waals surface area contributed by atoms with Crippen LogP contribution in [-0.2, 0) is 21.6 Å². The Hall–Kier alpha value is -2.17. The molecule has 2 aromatic carbocycles. The Kier molecular flexibility index (Phi) is 5.28. The molecule has 27 heavy (non-hydrogen) atoms. The zero-order valence-electron chi connectivity index (χ0n) is 15.6. The van der Waals surface area contributed by atoms with Gasteiger partial charge in [0.25, 0.3) is 0 Å². The molecule has 2 unspecified atom stereocenters. The first-order valence-electron chi connectivity index (χ1n) is 9.90. The first kappa shape index (κ1) is 18.2. The predicted octanol–water partition coefficient (Wildman–Crippen LogP) is 3.14. The van der Waals surface area contributed by atoms with Crippen molar-refractivity contribution < 1.29 is 14.6 Å². The van der Waals surface area contributed by atoms with Crippen LogP contribution in [0.15, 0.2) is 60.7 Å². The predicted molar refractivity (Wildman–Crippen MR) is 104 cm³/mol. The average molecular weight is 365 g/mol. The van der Waals surface area contributed by atoms with Crippen molar-refractivity contribution >= 4 is 5.97 Å². The van der Waals surface area contributed by atoms with E-state index in [0.29, 0.717) is 24.3 Å². The summed E-state index contributed by atoms with van der Waals surface area (Å²) in [7, 11) is 0. The van der Waals surface area contributed by atoms with E-state index in [-0.39, 0.29) is 6.10 Å². The van der Waals surface area contributed by atoms with Gasteiger partial charge in [0.05, 0.1) is 0 Å². The first-order chi connectivity index (χ1) is 13.1. The third kappa shape index (κ3) is 3.92. The number of esters is 1. The maximum Gasteiger partial charge on any atom is 0.343 e. The lowest BCUT2D eigenvalue weighted by atomic mass is 9.84. The van der Waals surface area contributed by atoms with Crippen molar-refractivity contribution in [3.05, 3.63) is 71.8 Å². The van der Waals surface area contributed by atoms with Crippen LogP contribution in [0, 0.1) is 5.92 Å². The number of hydrogen-bond acceptors (Lipinski definition) is 4. The van der Waals surface area contributed by atoms with Gasteiger partial charge in [0, 0.05) is 6.54 Å². The van der Waals surface area contributed by atoms with Gasteiger partial charge in [-0.3, -0.25) is 4.90 Å². The Morgan fingerprint density at radius 3 is 2.26 bits per heavy atom. The van der Waals surface area contributed by atoms with Crippen LogP contribution in [0.25, 0.3) is 0 Å². The number of hydrogen-bond donors (Lipinski definition) is 1. The van der Waals surface area contributed by atoms with Crippen molar-refractivity contribution in [3.63, 3.8) is 0 Å². The number of carbonyl (C=O) groups excluding carboxylic acids is 1. The van der Waals surface area contributed by atoms with Crippen LogP contribution in [0.3, 0.4) is 0 Å². The summed E-state index contributed by atoms with van der Waals surface area (Å²) in [5.74, 6) is -0.0866. The topological polar surface area (TPSA) is 49.8 Å². The van der Waals surface area contributed by atoms with Crippen LogP contribution in [0.5, 0.6) is 0 Å². The fourth-order valence-corrected chi connectivity index (χ4v) is 4.33. The van der Waals surface area contributed by atoms with Crippen LogP contribution in [0.2, 0.25) is 0 Å². The summed E-state index contributed by atoms with van der Waals surface area (Å²) in [6, 6.07) is 19.2. The molecular formula is C23H27NO3. The molecule has 142 valence electrons. The van der Waals surface area contributed by atoms with E-state index in [1.165, 1.54) is 0 Å². The molecule has 4 heteroatoms. The maximum absolute atomic E-state index is 13.1. The second-order valence-electron chi connectivity index (χ2n) is 7.79. The van der Waals surface area contributed by atoms with E-state index >= 15 is 0 Å². The minimum atomic E-state index is -1.62. The van der Waals surface area contributed by atoms with Gasteiger partial charge in [-0.15, -0.1) is 0 Å². The molecular weight excluding hydrogens is 338 g/mol. The summed E-state index contributed by atoms with van der Waals surface area (Å²) < 4.78 is 5.90. The molecule has 3 aliphatic heterocycles. The van der Waals surface area contributed by atoms with Gasteiger partial charge in [0.15, 0.2) is 5.60 Å². The molecule has 2 bridgehead atoms. The lowest BCUT2D eigenvalue weighted by molar-refractivity contribution is -0.182. The fraction of sp³-hybridized carbons (Fsp3) is 0.435. The molecule has 3 heterocycles. The molecule has 0 saturated carbocycles. The summed E-state index contributed by atoms with van der Waals surface area (Å²) in [6.07, 6.45) is 2.96. The molecule has 3 saturated heterocycles. The van der Waals surface area contributed by atoms with Gasteiger partial charge in [0.2, 0.25) is 0 Å². The SMILES string of the molecule is O=C(OC1CN2CCC1CC2)C(O)(CCc1ccccc1)c1ccccc1. The highest BCUT2D eigenvalue weighted by Crippen LogP contribution is 2.34. The summed E-state index contributed by atoms with van der Waals surface area (Å²) in [5.41, 5.74) is 0.0815. The minimum Gasteiger partial charge on any atom is -0.458 e. The Morgan fingerprint density at radius 2 is 1.67 bits per heavy atom. The Balaban J connectivity index is 1.53. The number of aryl methyl sites for hydroxylation is 1. The van der Waals surface area contributed by atoms with E-state index < -0.39 is 11.6 Å². The molecule has 0 aromatic heterocycles. The van der Waals surface area contributed by atoms with E-state index in [2.05, 4.69) is 4.90 Å². The van der Waals surface area contributed by atoms with Crippen LogP contribution >= 0.6 is 0 Å². The Morgan fingerprint density at radius 1 is 1.04 bits per heavy atom. The van der Waals surface area contributed by atoms with Crippen LogP contribution in [0.1, 0.15) is 30.4 Å². The zero-order valence-corrected chi connectivity index (χ0v) is 15.6. The second kappa shape index (κ2) is 7.83. The van der Waals surface area contributed by atoms with E-state index in [1.54, 1.807) is 0 Å². The van der Waals surface area contributed by atoms with Crippen molar-refractivity contribution in [2.24, 2.45) is 5.92 Å². The summed E-state index contributed by atoms with van der Waals surface area (Å²) in [4.78, 5) is 15.5. The average Bonchev–Trinajstić information content (AvgIpc) is 2.74. The first-order valence-corrected chi connectivity index (χ1v) is 9.90. The third-order valence-corrected chi connectivity index (χ3v) is 6.06. The van der Waals surface area contributed by atoms with E-state index in [9.17, 15) is 9.90 Å².